The number of hydrogen-bond donors (Lipinski definition) is 2. The predicted octanol–water partition coefficient (Wildman–Crippen LogP) is 1.69. The quantitative estimate of drug-likeness (QED) is 0.792. The molecule has 0 aliphatic carbocycles. The van der Waals surface area contributed by atoms with Crippen molar-refractivity contribution in [2.45, 2.75) is 20.4 Å². The fourth-order valence-electron chi connectivity index (χ4n) is 1.30. The molecule has 3 nitrogen and oxygen atoms in total. The standard InChI is InChI=1S/C13H19FN2O/c1-10(2)7-16-13(17)9-15-8-11-3-5-12(14)6-4-11/h3-6,10,15H,7-9H2,1-2H3,(H,16,17). The maximum absolute atomic E-state index is 12.6. The number of benzene rings is 1. The van der Waals surface area contributed by atoms with Crippen molar-refractivity contribution >= 4 is 5.91 Å². The van der Waals surface area contributed by atoms with E-state index in [-0.39, 0.29) is 18.3 Å². The SMILES string of the molecule is CC(C)CNC(=O)CNCc1ccc(F)cc1. The van der Waals surface area contributed by atoms with Crippen LogP contribution in [0.1, 0.15) is 19.4 Å². The van der Waals surface area contributed by atoms with Crippen LogP contribution in [-0.4, -0.2) is 19.0 Å². The van der Waals surface area contributed by atoms with E-state index in [4.69, 9.17) is 0 Å². The van der Waals surface area contributed by atoms with Crippen LogP contribution in [0.25, 0.3) is 0 Å². The van der Waals surface area contributed by atoms with Crippen molar-refractivity contribution in [3.8, 4) is 0 Å². The van der Waals surface area contributed by atoms with E-state index in [1.165, 1.54) is 12.1 Å². The summed E-state index contributed by atoms with van der Waals surface area (Å²) in [6.45, 7) is 5.63. The highest BCUT2D eigenvalue weighted by molar-refractivity contribution is 5.77. The molecule has 0 atom stereocenters. The molecular weight excluding hydrogens is 219 g/mol. The molecule has 0 aliphatic rings. The van der Waals surface area contributed by atoms with Crippen molar-refractivity contribution in [3.05, 3.63) is 35.6 Å². The third-order valence-electron chi connectivity index (χ3n) is 2.24. The molecule has 0 spiro atoms. The summed E-state index contributed by atoms with van der Waals surface area (Å²) in [4.78, 5) is 11.4. The Bertz CT molecular complexity index is 349. The van der Waals surface area contributed by atoms with Crippen LogP contribution in [0, 0.1) is 11.7 Å². The summed E-state index contributed by atoms with van der Waals surface area (Å²) in [5.74, 6) is 0.195. The number of amides is 1. The van der Waals surface area contributed by atoms with Gasteiger partial charge in [-0.15, -0.1) is 0 Å². The minimum atomic E-state index is -0.247. The minimum absolute atomic E-state index is 0.0131. The van der Waals surface area contributed by atoms with Crippen LogP contribution in [0.15, 0.2) is 24.3 Å². The van der Waals surface area contributed by atoms with Gasteiger partial charge in [0, 0.05) is 13.1 Å². The Labute approximate surface area is 101 Å². The molecule has 0 fully saturated rings. The van der Waals surface area contributed by atoms with Gasteiger partial charge in [0.1, 0.15) is 5.82 Å². The molecular formula is C13H19FN2O. The third kappa shape index (κ3) is 6.02. The van der Waals surface area contributed by atoms with Crippen LogP contribution in [0.2, 0.25) is 0 Å². The van der Waals surface area contributed by atoms with Gasteiger partial charge in [-0.05, 0) is 23.6 Å². The van der Waals surface area contributed by atoms with Crippen LogP contribution >= 0.6 is 0 Å². The molecule has 0 aliphatic heterocycles. The lowest BCUT2D eigenvalue weighted by Gasteiger charge is -2.08. The second-order valence-corrected chi connectivity index (χ2v) is 4.43. The summed E-state index contributed by atoms with van der Waals surface area (Å²) < 4.78 is 12.6. The van der Waals surface area contributed by atoms with E-state index in [0.717, 1.165) is 5.56 Å². The van der Waals surface area contributed by atoms with E-state index < -0.39 is 0 Å². The van der Waals surface area contributed by atoms with E-state index in [1.807, 2.05) is 13.8 Å². The summed E-state index contributed by atoms with van der Waals surface area (Å²) >= 11 is 0. The molecule has 0 aromatic heterocycles. The van der Waals surface area contributed by atoms with Crippen LogP contribution in [0.3, 0.4) is 0 Å². The van der Waals surface area contributed by atoms with E-state index in [9.17, 15) is 9.18 Å². The predicted molar refractivity (Wildman–Crippen MR) is 66.0 cm³/mol. The van der Waals surface area contributed by atoms with Crippen LogP contribution in [-0.2, 0) is 11.3 Å². The molecule has 0 saturated carbocycles. The zero-order valence-corrected chi connectivity index (χ0v) is 10.3. The summed E-state index contributed by atoms with van der Waals surface area (Å²) in [5, 5.41) is 5.83. The molecule has 0 radical (unpaired) electrons. The molecule has 0 unspecified atom stereocenters. The summed E-state index contributed by atoms with van der Waals surface area (Å²) in [5.41, 5.74) is 0.961. The second kappa shape index (κ2) is 7.01. The number of rotatable bonds is 6. The van der Waals surface area contributed by atoms with Crippen LogP contribution in [0.5, 0.6) is 0 Å². The van der Waals surface area contributed by atoms with Gasteiger partial charge in [0.05, 0.1) is 6.54 Å². The molecule has 0 heterocycles. The van der Waals surface area contributed by atoms with Crippen molar-refractivity contribution in [2.24, 2.45) is 5.92 Å². The van der Waals surface area contributed by atoms with Gasteiger partial charge in [0.2, 0.25) is 5.91 Å². The van der Waals surface area contributed by atoms with Gasteiger partial charge >= 0.3 is 0 Å². The van der Waals surface area contributed by atoms with Crippen molar-refractivity contribution in [1.29, 1.82) is 0 Å². The van der Waals surface area contributed by atoms with Gasteiger partial charge in [-0.3, -0.25) is 4.79 Å². The van der Waals surface area contributed by atoms with Gasteiger partial charge in [-0.2, -0.15) is 0 Å². The second-order valence-electron chi connectivity index (χ2n) is 4.43. The molecule has 17 heavy (non-hydrogen) atoms. The lowest BCUT2D eigenvalue weighted by molar-refractivity contribution is -0.120. The Kier molecular flexibility index (Phi) is 5.63. The lowest BCUT2D eigenvalue weighted by atomic mass is 10.2. The molecule has 4 heteroatoms. The number of carbonyl (C=O) groups is 1. The zero-order chi connectivity index (χ0) is 12.7. The smallest absolute Gasteiger partial charge is 0.233 e. The molecule has 1 amide bonds. The maximum atomic E-state index is 12.6. The Morgan fingerprint density at radius 2 is 1.94 bits per heavy atom. The van der Waals surface area contributed by atoms with Gasteiger partial charge in [0.25, 0.3) is 0 Å². The Balaban J connectivity index is 2.19. The van der Waals surface area contributed by atoms with Gasteiger partial charge < -0.3 is 10.6 Å². The first-order chi connectivity index (χ1) is 8.08. The summed E-state index contributed by atoms with van der Waals surface area (Å²) in [7, 11) is 0. The van der Waals surface area contributed by atoms with Crippen LogP contribution in [0.4, 0.5) is 4.39 Å². The first-order valence-corrected chi connectivity index (χ1v) is 5.80. The van der Waals surface area contributed by atoms with E-state index >= 15 is 0 Å². The number of hydrogen-bond acceptors (Lipinski definition) is 2. The first kappa shape index (κ1) is 13.6. The average molecular weight is 238 g/mol. The van der Waals surface area contributed by atoms with Gasteiger partial charge in [-0.1, -0.05) is 26.0 Å². The van der Waals surface area contributed by atoms with Crippen molar-refractivity contribution in [3.63, 3.8) is 0 Å². The Morgan fingerprint density at radius 1 is 1.29 bits per heavy atom. The molecule has 1 rings (SSSR count). The van der Waals surface area contributed by atoms with E-state index in [1.54, 1.807) is 12.1 Å². The zero-order valence-electron chi connectivity index (χ0n) is 10.3. The molecule has 2 N–H and O–H groups in total. The average Bonchev–Trinajstić information content (AvgIpc) is 2.29. The molecule has 1 aromatic carbocycles. The highest BCUT2D eigenvalue weighted by Gasteiger charge is 2.01. The molecule has 0 bridgehead atoms. The first-order valence-electron chi connectivity index (χ1n) is 5.80. The van der Waals surface area contributed by atoms with Crippen molar-refractivity contribution in [2.75, 3.05) is 13.1 Å². The monoisotopic (exact) mass is 238 g/mol. The molecule has 94 valence electrons. The molecule has 0 saturated heterocycles. The normalized spacial score (nSPS) is 10.6. The fourth-order valence-corrected chi connectivity index (χ4v) is 1.30. The fraction of sp³-hybridized carbons (Fsp3) is 0.462. The Morgan fingerprint density at radius 3 is 2.53 bits per heavy atom. The highest BCUT2D eigenvalue weighted by atomic mass is 19.1. The topological polar surface area (TPSA) is 41.1 Å². The van der Waals surface area contributed by atoms with E-state index in [2.05, 4.69) is 10.6 Å². The number of halogens is 1. The van der Waals surface area contributed by atoms with Crippen LogP contribution < -0.4 is 10.6 Å². The van der Waals surface area contributed by atoms with Gasteiger partial charge in [0.15, 0.2) is 0 Å². The highest BCUT2D eigenvalue weighted by Crippen LogP contribution is 2.01. The maximum Gasteiger partial charge on any atom is 0.233 e. The minimum Gasteiger partial charge on any atom is -0.355 e. The van der Waals surface area contributed by atoms with Gasteiger partial charge in [-0.25, -0.2) is 4.39 Å². The molecule has 1 aromatic rings. The lowest BCUT2D eigenvalue weighted by Crippen LogP contribution is -2.35. The Hall–Kier alpha value is -1.42. The summed E-state index contributed by atoms with van der Waals surface area (Å²) in [6, 6.07) is 6.23. The summed E-state index contributed by atoms with van der Waals surface area (Å²) in [6.07, 6.45) is 0. The van der Waals surface area contributed by atoms with Crippen molar-refractivity contribution in [1.82, 2.24) is 10.6 Å². The third-order valence-corrected chi connectivity index (χ3v) is 2.24. The number of carbonyl (C=O) groups excluding carboxylic acids is 1. The van der Waals surface area contributed by atoms with Crippen molar-refractivity contribution < 1.29 is 9.18 Å². The number of nitrogens with one attached hydrogen (secondary N) is 2. The largest absolute Gasteiger partial charge is 0.355 e. The van der Waals surface area contributed by atoms with E-state index in [0.29, 0.717) is 19.0 Å².